The Kier molecular flexibility index (Phi) is 5.42. The summed E-state index contributed by atoms with van der Waals surface area (Å²) < 4.78 is 13.5. The lowest BCUT2D eigenvalue weighted by Gasteiger charge is -2.30. The second-order valence-corrected chi connectivity index (χ2v) is 4.78. The molecule has 1 aromatic rings. The van der Waals surface area contributed by atoms with Crippen LogP contribution in [0.3, 0.4) is 0 Å². The van der Waals surface area contributed by atoms with Gasteiger partial charge in [-0.1, -0.05) is 38.3 Å². The van der Waals surface area contributed by atoms with Crippen LogP contribution in [0.5, 0.6) is 0 Å². The highest BCUT2D eigenvalue weighted by molar-refractivity contribution is 5.46. The number of nitrogens with one attached hydrogen (secondary N) is 1. The molecule has 0 saturated heterocycles. The number of rotatable bonds is 7. The van der Waals surface area contributed by atoms with Gasteiger partial charge in [0.05, 0.1) is 17.8 Å². The van der Waals surface area contributed by atoms with Crippen molar-refractivity contribution in [2.45, 2.75) is 45.1 Å². The van der Waals surface area contributed by atoms with Gasteiger partial charge in [-0.05, 0) is 25.5 Å². The minimum Gasteiger partial charge on any atom is -0.394 e. The van der Waals surface area contributed by atoms with Gasteiger partial charge in [-0.3, -0.25) is 0 Å². The Labute approximate surface area is 103 Å². The first-order chi connectivity index (χ1) is 8.11. The van der Waals surface area contributed by atoms with Crippen LogP contribution in [0.4, 0.5) is 10.1 Å². The molecule has 0 heterocycles. The number of anilines is 1. The van der Waals surface area contributed by atoms with Crippen LogP contribution in [0.1, 0.15) is 39.5 Å². The van der Waals surface area contributed by atoms with E-state index in [0.717, 1.165) is 25.7 Å². The predicted molar refractivity (Wildman–Crippen MR) is 69.7 cm³/mol. The molecular formula is C14H22FNO. The van der Waals surface area contributed by atoms with E-state index in [1.54, 1.807) is 18.2 Å². The Morgan fingerprint density at radius 2 is 2.00 bits per heavy atom. The van der Waals surface area contributed by atoms with E-state index < -0.39 is 5.54 Å². The zero-order chi connectivity index (χ0) is 12.7. The minimum atomic E-state index is -0.447. The van der Waals surface area contributed by atoms with Crippen molar-refractivity contribution < 1.29 is 9.50 Å². The monoisotopic (exact) mass is 239 g/mol. The molecule has 1 atom stereocenters. The molecule has 96 valence electrons. The molecule has 0 amide bonds. The molecule has 0 bridgehead atoms. The lowest BCUT2D eigenvalue weighted by atomic mass is 9.95. The van der Waals surface area contributed by atoms with Gasteiger partial charge in [0.1, 0.15) is 5.82 Å². The van der Waals surface area contributed by atoms with Crippen LogP contribution < -0.4 is 5.32 Å². The predicted octanol–water partition coefficient (Wildman–Crippen LogP) is 3.57. The van der Waals surface area contributed by atoms with Gasteiger partial charge in [-0.25, -0.2) is 4.39 Å². The van der Waals surface area contributed by atoms with Gasteiger partial charge < -0.3 is 10.4 Å². The molecule has 2 N–H and O–H groups in total. The normalized spacial score (nSPS) is 14.4. The Hall–Kier alpha value is -1.09. The van der Waals surface area contributed by atoms with Gasteiger partial charge in [-0.15, -0.1) is 0 Å². The summed E-state index contributed by atoms with van der Waals surface area (Å²) in [6.07, 6.45) is 4.15. The Morgan fingerprint density at radius 3 is 2.59 bits per heavy atom. The van der Waals surface area contributed by atoms with E-state index >= 15 is 0 Å². The Balaban J connectivity index is 2.65. The van der Waals surface area contributed by atoms with Crippen LogP contribution in [0.15, 0.2) is 24.3 Å². The minimum absolute atomic E-state index is 0.00501. The zero-order valence-corrected chi connectivity index (χ0v) is 10.7. The molecule has 1 rings (SSSR count). The topological polar surface area (TPSA) is 32.3 Å². The maximum absolute atomic E-state index is 13.5. The molecule has 0 aliphatic heterocycles. The summed E-state index contributed by atoms with van der Waals surface area (Å²) in [4.78, 5) is 0. The molecule has 1 unspecified atom stereocenters. The van der Waals surface area contributed by atoms with E-state index in [4.69, 9.17) is 0 Å². The molecular weight excluding hydrogens is 217 g/mol. The first-order valence-electron chi connectivity index (χ1n) is 6.25. The fourth-order valence-corrected chi connectivity index (χ4v) is 1.83. The van der Waals surface area contributed by atoms with E-state index in [0.29, 0.717) is 5.69 Å². The fourth-order valence-electron chi connectivity index (χ4n) is 1.83. The summed E-state index contributed by atoms with van der Waals surface area (Å²) in [5.74, 6) is -0.275. The number of aliphatic hydroxyl groups is 1. The smallest absolute Gasteiger partial charge is 0.146 e. The third-order valence-electron chi connectivity index (χ3n) is 2.99. The van der Waals surface area contributed by atoms with E-state index in [-0.39, 0.29) is 12.4 Å². The zero-order valence-electron chi connectivity index (χ0n) is 10.7. The molecule has 1 aromatic carbocycles. The molecule has 0 fully saturated rings. The highest BCUT2D eigenvalue weighted by atomic mass is 19.1. The summed E-state index contributed by atoms with van der Waals surface area (Å²) in [5.41, 5.74) is 0.0118. The number of aliphatic hydroxyl groups excluding tert-OH is 1. The molecule has 2 nitrogen and oxygen atoms in total. The second kappa shape index (κ2) is 6.60. The van der Waals surface area contributed by atoms with Crippen molar-refractivity contribution in [1.82, 2.24) is 0 Å². The van der Waals surface area contributed by atoms with Gasteiger partial charge >= 0.3 is 0 Å². The van der Waals surface area contributed by atoms with Gasteiger partial charge in [0.15, 0.2) is 0 Å². The summed E-state index contributed by atoms with van der Waals surface area (Å²) in [7, 11) is 0. The van der Waals surface area contributed by atoms with E-state index in [1.165, 1.54) is 6.07 Å². The Bertz CT molecular complexity index is 343. The van der Waals surface area contributed by atoms with Crippen LogP contribution in [0.2, 0.25) is 0 Å². The summed E-state index contributed by atoms with van der Waals surface area (Å²) in [5, 5.41) is 12.6. The van der Waals surface area contributed by atoms with E-state index in [9.17, 15) is 9.50 Å². The number of unbranched alkanes of at least 4 members (excludes halogenated alkanes) is 2. The molecule has 0 spiro atoms. The molecule has 3 heteroatoms. The lowest BCUT2D eigenvalue weighted by molar-refractivity contribution is 0.211. The highest BCUT2D eigenvalue weighted by Crippen LogP contribution is 2.22. The summed E-state index contributed by atoms with van der Waals surface area (Å²) >= 11 is 0. The molecule has 0 radical (unpaired) electrons. The molecule has 17 heavy (non-hydrogen) atoms. The van der Waals surface area contributed by atoms with Crippen molar-refractivity contribution >= 4 is 5.69 Å². The molecule has 0 aliphatic carbocycles. The van der Waals surface area contributed by atoms with Crippen LogP contribution in [-0.4, -0.2) is 17.3 Å². The average Bonchev–Trinajstić information content (AvgIpc) is 2.33. The van der Waals surface area contributed by atoms with Gasteiger partial charge in [-0.2, -0.15) is 0 Å². The largest absolute Gasteiger partial charge is 0.394 e. The lowest BCUT2D eigenvalue weighted by Crippen LogP contribution is -2.39. The third-order valence-corrected chi connectivity index (χ3v) is 2.99. The maximum atomic E-state index is 13.5. The van der Waals surface area contributed by atoms with Crippen LogP contribution in [0, 0.1) is 5.82 Å². The molecule has 0 aliphatic rings. The van der Waals surface area contributed by atoms with Crippen molar-refractivity contribution in [3.63, 3.8) is 0 Å². The summed E-state index contributed by atoms with van der Waals surface area (Å²) in [6, 6.07) is 6.57. The number of benzene rings is 1. The van der Waals surface area contributed by atoms with Gasteiger partial charge in [0.25, 0.3) is 0 Å². The van der Waals surface area contributed by atoms with Gasteiger partial charge in [0.2, 0.25) is 0 Å². The fraction of sp³-hybridized carbons (Fsp3) is 0.571. The standard InChI is InChI=1S/C14H22FNO/c1-3-4-7-10-14(2,11-17)16-13-9-6-5-8-12(13)15/h5-6,8-9,16-17H,3-4,7,10-11H2,1-2H3. The molecule has 0 saturated carbocycles. The third kappa shape index (κ3) is 4.35. The van der Waals surface area contributed by atoms with Crippen LogP contribution >= 0.6 is 0 Å². The van der Waals surface area contributed by atoms with Gasteiger partial charge in [0, 0.05) is 0 Å². The second-order valence-electron chi connectivity index (χ2n) is 4.78. The van der Waals surface area contributed by atoms with Crippen LogP contribution in [0.25, 0.3) is 0 Å². The maximum Gasteiger partial charge on any atom is 0.146 e. The number of halogens is 1. The highest BCUT2D eigenvalue weighted by Gasteiger charge is 2.23. The Morgan fingerprint density at radius 1 is 1.29 bits per heavy atom. The quantitative estimate of drug-likeness (QED) is 0.713. The summed E-state index contributed by atoms with van der Waals surface area (Å²) in [6.45, 7) is 4.07. The van der Waals surface area contributed by atoms with Crippen molar-refractivity contribution in [2.24, 2.45) is 0 Å². The van der Waals surface area contributed by atoms with E-state index in [1.807, 2.05) is 6.92 Å². The van der Waals surface area contributed by atoms with E-state index in [2.05, 4.69) is 12.2 Å². The number of hydrogen-bond donors (Lipinski definition) is 2. The first kappa shape index (κ1) is 14.0. The van der Waals surface area contributed by atoms with Crippen molar-refractivity contribution in [2.75, 3.05) is 11.9 Å². The van der Waals surface area contributed by atoms with Crippen molar-refractivity contribution in [3.05, 3.63) is 30.1 Å². The first-order valence-corrected chi connectivity index (χ1v) is 6.25. The molecule has 0 aromatic heterocycles. The van der Waals surface area contributed by atoms with Crippen molar-refractivity contribution in [3.8, 4) is 0 Å². The SMILES string of the molecule is CCCCCC(C)(CO)Nc1ccccc1F. The number of hydrogen-bond acceptors (Lipinski definition) is 2. The van der Waals surface area contributed by atoms with Crippen molar-refractivity contribution in [1.29, 1.82) is 0 Å². The average molecular weight is 239 g/mol. The van der Waals surface area contributed by atoms with Crippen LogP contribution in [-0.2, 0) is 0 Å². The number of para-hydroxylation sites is 1.